The van der Waals surface area contributed by atoms with Gasteiger partial charge in [-0.2, -0.15) is 11.8 Å². The van der Waals surface area contributed by atoms with E-state index >= 15 is 0 Å². The molecule has 21 heavy (non-hydrogen) atoms. The summed E-state index contributed by atoms with van der Waals surface area (Å²) >= 11 is 1.72. The van der Waals surface area contributed by atoms with Crippen LogP contribution in [-0.4, -0.2) is 29.7 Å². The zero-order valence-corrected chi connectivity index (χ0v) is 12.7. The number of nitrogens with one attached hydrogen (secondary N) is 1. The minimum atomic E-state index is -0.397. The molecule has 1 aliphatic rings. The molecule has 0 spiro atoms. The van der Waals surface area contributed by atoms with Gasteiger partial charge in [0.25, 0.3) is 5.91 Å². The lowest BCUT2D eigenvalue weighted by atomic mass is 10.1. The summed E-state index contributed by atoms with van der Waals surface area (Å²) in [6.07, 6.45) is 2.62. The first-order valence-electron chi connectivity index (χ1n) is 6.70. The van der Waals surface area contributed by atoms with E-state index < -0.39 is 5.91 Å². The standard InChI is InChI=1S/C14H19N3O3S/c1-20-12(18)7-14(5-6-14)9-21-8-10-3-2-4-11(16-10)13(19)17-15/h2-4H,5-9,15H2,1H3,(H,17,19). The van der Waals surface area contributed by atoms with Gasteiger partial charge in [0.1, 0.15) is 5.69 Å². The molecule has 0 radical (unpaired) electrons. The lowest BCUT2D eigenvalue weighted by Crippen LogP contribution is -2.30. The molecule has 0 atom stereocenters. The van der Waals surface area contributed by atoms with Crippen LogP contribution in [0.1, 0.15) is 35.4 Å². The van der Waals surface area contributed by atoms with Gasteiger partial charge in [-0.25, -0.2) is 10.8 Å². The average Bonchev–Trinajstić information content (AvgIpc) is 3.26. The number of aromatic nitrogens is 1. The minimum absolute atomic E-state index is 0.101. The van der Waals surface area contributed by atoms with Crippen LogP contribution >= 0.6 is 11.8 Å². The molecule has 1 saturated carbocycles. The van der Waals surface area contributed by atoms with E-state index in [-0.39, 0.29) is 11.4 Å². The van der Waals surface area contributed by atoms with E-state index in [1.807, 2.05) is 6.07 Å². The summed E-state index contributed by atoms with van der Waals surface area (Å²) in [4.78, 5) is 27.0. The smallest absolute Gasteiger partial charge is 0.306 e. The van der Waals surface area contributed by atoms with Crippen LogP contribution in [0.25, 0.3) is 0 Å². The maximum Gasteiger partial charge on any atom is 0.306 e. The number of ether oxygens (including phenoxy) is 1. The first-order valence-corrected chi connectivity index (χ1v) is 7.85. The molecule has 1 aromatic rings. The van der Waals surface area contributed by atoms with Gasteiger partial charge >= 0.3 is 5.97 Å². The van der Waals surface area contributed by atoms with Crippen molar-refractivity contribution in [2.45, 2.75) is 25.0 Å². The van der Waals surface area contributed by atoms with Gasteiger partial charge in [-0.05, 0) is 36.1 Å². The highest BCUT2D eigenvalue weighted by Gasteiger charge is 2.44. The Morgan fingerprint density at radius 1 is 1.48 bits per heavy atom. The molecule has 0 aliphatic heterocycles. The molecule has 6 nitrogen and oxygen atoms in total. The van der Waals surface area contributed by atoms with Crippen LogP contribution in [0, 0.1) is 5.41 Å². The molecule has 7 heteroatoms. The quantitative estimate of drug-likeness (QED) is 0.341. The number of hydrogen-bond donors (Lipinski definition) is 2. The van der Waals surface area contributed by atoms with E-state index in [2.05, 4.69) is 10.4 Å². The number of amides is 1. The van der Waals surface area contributed by atoms with E-state index in [9.17, 15) is 9.59 Å². The largest absolute Gasteiger partial charge is 0.469 e. The third-order valence-electron chi connectivity index (χ3n) is 3.53. The number of rotatable bonds is 7. The third kappa shape index (κ3) is 4.44. The fraction of sp³-hybridized carbons (Fsp3) is 0.500. The predicted molar refractivity (Wildman–Crippen MR) is 80.4 cm³/mol. The molecule has 0 unspecified atom stereocenters. The van der Waals surface area contributed by atoms with Crippen molar-refractivity contribution in [2.24, 2.45) is 11.3 Å². The maximum absolute atomic E-state index is 11.4. The van der Waals surface area contributed by atoms with Crippen LogP contribution in [0.15, 0.2) is 18.2 Å². The monoisotopic (exact) mass is 309 g/mol. The first kappa shape index (κ1) is 15.8. The molecule has 2 rings (SSSR count). The number of esters is 1. The second-order valence-electron chi connectivity index (χ2n) is 5.23. The van der Waals surface area contributed by atoms with Gasteiger partial charge in [0.15, 0.2) is 0 Å². The van der Waals surface area contributed by atoms with Crippen LogP contribution in [-0.2, 0) is 15.3 Å². The summed E-state index contributed by atoms with van der Waals surface area (Å²) in [5.41, 5.74) is 3.31. The summed E-state index contributed by atoms with van der Waals surface area (Å²) in [6.45, 7) is 0. The fourth-order valence-electron chi connectivity index (χ4n) is 2.06. The number of thioether (sulfide) groups is 1. The van der Waals surface area contributed by atoms with Crippen LogP contribution in [0.2, 0.25) is 0 Å². The molecule has 114 valence electrons. The molecule has 3 N–H and O–H groups in total. The lowest BCUT2D eigenvalue weighted by molar-refractivity contribution is -0.141. The number of nitrogen functional groups attached to an aromatic ring is 1. The summed E-state index contributed by atoms with van der Waals surface area (Å²) in [7, 11) is 1.42. The van der Waals surface area contributed by atoms with Crippen molar-refractivity contribution in [3.05, 3.63) is 29.6 Å². The van der Waals surface area contributed by atoms with Crippen LogP contribution in [0.3, 0.4) is 0 Å². The molecule has 0 bridgehead atoms. The topological polar surface area (TPSA) is 94.3 Å². The number of carbonyl (C=O) groups is 2. The van der Waals surface area contributed by atoms with Gasteiger partial charge in [-0.15, -0.1) is 0 Å². The molecule has 0 aromatic carbocycles. The van der Waals surface area contributed by atoms with Crippen molar-refractivity contribution in [1.82, 2.24) is 10.4 Å². The van der Waals surface area contributed by atoms with Gasteiger partial charge in [-0.1, -0.05) is 6.07 Å². The lowest BCUT2D eigenvalue weighted by Gasteiger charge is -2.12. The second kappa shape index (κ2) is 6.91. The van der Waals surface area contributed by atoms with Crippen molar-refractivity contribution in [1.29, 1.82) is 0 Å². The molecule has 1 aromatic heterocycles. The van der Waals surface area contributed by atoms with Crippen molar-refractivity contribution in [3.63, 3.8) is 0 Å². The predicted octanol–water partition coefficient (Wildman–Crippen LogP) is 1.26. The van der Waals surface area contributed by atoms with Gasteiger partial charge in [0.2, 0.25) is 0 Å². The Hall–Kier alpha value is -1.60. The van der Waals surface area contributed by atoms with Crippen molar-refractivity contribution < 1.29 is 14.3 Å². The van der Waals surface area contributed by atoms with E-state index in [0.29, 0.717) is 17.9 Å². The molecule has 1 amide bonds. The van der Waals surface area contributed by atoms with E-state index in [1.165, 1.54) is 7.11 Å². The molecular weight excluding hydrogens is 290 g/mol. The van der Waals surface area contributed by atoms with Gasteiger partial charge in [-0.3, -0.25) is 15.0 Å². The van der Waals surface area contributed by atoms with Gasteiger partial charge in [0.05, 0.1) is 19.2 Å². The van der Waals surface area contributed by atoms with E-state index in [0.717, 1.165) is 24.3 Å². The summed E-state index contributed by atoms with van der Waals surface area (Å²) in [5.74, 6) is 6.15. The number of methoxy groups -OCH3 is 1. The highest BCUT2D eigenvalue weighted by atomic mass is 32.2. The Bertz CT molecular complexity index is 532. The number of nitrogens with zero attached hydrogens (tertiary/aromatic N) is 1. The Labute approximate surface area is 127 Å². The molecule has 0 saturated heterocycles. The van der Waals surface area contributed by atoms with Crippen LogP contribution in [0.4, 0.5) is 0 Å². The number of carbonyl (C=O) groups excluding carboxylic acids is 2. The molecule has 1 heterocycles. The summed E-state index contributed by atoms with van der Waals surface area (Å²) in [6, 6.07) is 5.28. The Kier molecular flexibility index (Phi) is 5.19. The Balaban J connectivity index is 1.84. The van der Waals surface area contributed by atoms with Gasteiger partial charge < -0.3 is 4.74 Å². The fourth-order valence-corrected chi connectivity index (χ4v) is 3.36. The van der Waals surface area contributed by atoms with Crippen molar-refractivity contribution in [3.8, 4) is 0 Å². The normalized spacial score (nSPS) is 15.3. The first-order chi connectivity index (χ1) is 10.1. The summed E-state index contributed by atoms with van der Waals surface area (Å²) < 4.78 is 4.73. The Morgan fingerprint density at radius 2 is 2.24 bits per heavy atom. The third-order valence-corrected chi connectivity index (χ3v) is 4.85. The highest BCUT2D eigenvalue weighted by molar-refractivity contribution is 7.98. The number of hydrogen-bond acceptors (Lipinski definition) is 6. The van der Waals surface area contributed by atoms with Crippen LogP contribution in [0.5, 0.6) is 0 Å². The summed E-state index contributed by atoms with van der Waals surface area (Å²) in [5, 5.41) is 0. The van der Waals surface area contributed by atoms with Crippen LogP contribution < -0.4 is 11.3 Å². The number of hydrazine groups is 1. The average molecular weight is 309 g/mol. The van der Waals surface area contributed by atoms with Crippen molar-refractivity contribution >= 4 is 23.6 Å². The zero-order valence-electron chi connectivity index (χ0n) is 11.9. The molecule has 1 fully saturated rings. The number of nitrogens with two attached hydrogens (primary N) is 1. The van der Waals surface area contributed by atoms with E-state index in [1.54, 1.807) is 23.9 Å². The van der Waals surface area contributed by atoms with E-state index in [4.69, 9.17) is 10.6 Å². The zero-order chi connectivity index (χ0) is 15.3. The Morgan fingerprint density at radius 3 is 2.86 bits per heavy atom. The van der Waals surface area contributed by atoms with Gasteiger partial charge in [0, 0.05) is 5.75 Å². The maximum atomic E-state index is 11.4. The minimum Gasteiger partial charge on any atom is -0.469 e. The molecule has 1 aliphatic carbocycles. The molecular formula is C14H19N3O3S. The highest BCUT2D eigenvalue weighted by Crippen LogP contribution is 2.51. The SMILES string of the molecule is COC(=O)CC1(CSCc2cccc(C(=O)NN)n2)CC1. The number of pyridine rings is 1. The second-order valence-corrected chi connectivity index (χ2v) is 6.22. The van der Waals surface area contributed by atoms with Crippen molar-refractivity contribution in [2.75, 3.05) is 12.9 Å².